The molecule has 0 N–H and O–H groups in total. The molecule has 1 aliphatic rings. The SMILES string of the molecule is COc1ccc2c(c1)CC/C(=C\c1ccc(Br)o1)C2=O. The summed E-state index contributed by atoms with van der Waals surface area (Å²) in [5.41, 5.74) is 2.59. The Hall–Kier alpha value is -1.81. The number of methoxy groups -OCH3 is 1. The molecule has 0 unspecified atom stereocenters. The van der Waals surface area contributed by atoms with Crippen LogP contribution < -0.4 is 4.74 Å². The van der Waals surface area contributed by atoms with Crippen LogP contribution in [0.5, 0.6) is 5.75 Å². The molecule has 0 saturated heterocycles. The second-order valence-electron chi connectivity index (χ2n) is 4.66. The largest absolute Gasteiger partial charge is 0.497 e. The van der Waals surface area contributed by atoms with Crippen molar-refractivity contribution in [2.24, 2.45) is 0 Å². The van der Waals surface area contributed by atoms with Gasteiger partial charge in [-0.3, -0.25) is 4.79 Å². The van der Waals surface area contributed by atoms with Gasteiger partial charge in [0.25, 0.3) is 0 Å². The smallest absolute Gasteiger partial charge is 0.189 e. The first kappa shape index (κ1) is 13.2. The number of Topliss-reactive ketones (excluding diaryl/α,β-unsaturated/α-hetero) is 1. The predicted molar refractivity (Wildman–Crippen MR) is 80.0 cm³/mol. The maximum Gasteiger partial charge on any atom is 0.189 e. The number of aryl methyl sites for hydroxylation is 1. The number of rotatable bonds is 2. The first-order chi connectivity index (χ1) is 9.67. The minimum Gasteiger partial charge on any atom is -0.497 e. The van der Waals surface area contributed by atoms with E-state index in [1.165, 1.54) is 0 Å². The number of ether oxygens (including phenoxy) is 1. The maximum absolute atomic E-state index is 12.5. The van der Waals surface area contributed by atoms with E-state index in [4.69, 9.17) is 9.15 Å². The van der Waals surface area contributed by atoms with Crippen LogP contribution in [0.25, 0.3) is 6.08 Å². The standard InChI is InChI=1S/C16H13BrO3/c1-19-12-4-6-14-10(8-12)2-3-11(16(14)18)9-13-5-7-15(17)20-13/h4-9H,2-3H2,1H3/b11-9+. The highest BCUT2D eigenvalue weighted by atomic mass is 79.9. The summed E-state index contributed by atoms with van der Waals surface area (Å²) in [7, 11) is 1.63. The number of hydrogen-bond donors (Lipinski definition) is 0. The topological polar surface area (TPSA) is 39.4 Å². The molecule has 0 amide bonds. The van der Waals surface area contributed by atoms with Crippen molar-refractivity contribution in [1.29, 1.82) is 0 Å². The molecule has 0 radical (unpaired) electrons. The Balaban J connectivity index is 1.95. The van der Waals surface area contributed by atoms with Crippen molar-refractivity contribution in [2.45, 2.75) is 12.8 Å². The highest BCUT2D eigenvalue weighted by Gasteiger charge is 2.22. The molecule has 3 rings (SSSR count). The van der Waals surface area contributed by atoms with Crippen molar-refractivity contribution in [3.8, 4) is 5.75 Å². The minimum atomic E-state index is 0.0708. The summed E-state index contributed by atoms with van der Waals surface area (Å²) in [6.45, 7) is 0. The van der Waals surface area contributed by atoms with Crippen LogP contribution >= 0.6 is 15.9 Å². The molecule has 20 heavy (non-hydrogen) atoms. The zero-order valence-corrected chi connectivity index (χ0v) is 12.6. The molecule has 1 aliphatic carbocycles. The van der Waals surface area contributed by atoms with Gasteiger partial charge in [0.2, 0.25) is 0 Å². The van der Waals surface area contributed by atoms with Gasteiger partial charge in [0.1, 0.15) is 11.5 Å². The van der Waals surface area contributed by atoms with Crippen molar-refractivity contribution in [1.82, 2.24) is 0 Å². The molecule has 1 aromatic carbocycles. The predicted octanol–water partition coefficient (Wildman–Crippen LogP) is 4.26. The normalized spacial score (nSPS) is 16.3. The summed E-state index contributed by atoms with van der Waals surface area (Å²) in [4.78, 5) is 12.5. The zero-order valence-electron chi connectivity index (χ0n) is 11.0. The van der Waals surface area contributed by atoms with Crippen molar-refractivity contribution < 1.29 is 13.9 Å². The number of fused-ring (bicyclic) bond motifs is 1. The zero-order chi connectivity index (χ0) is 14.1. The molecular formula is C16H13BrO3. The lowest BCUT2D eigenvalue weighted by molar-refractivity contribution is 0.102. The first-order valence-electron chi connectivity index (χ1n) is 6.35. The van der Waals surface area contributed by atoms with Crippen LogP contribution in [-0.2, 0) is 6.42 Å². The molecule has 0 fully saturated rings. The van der Waals surface area contributed by atoms with Crippen LogP contribution in [0.4, 0.5) is 0 Å². The van der Waals surface area contributed by atoms with Crippen LogP contribution in [0.3, 0.4) is 0 Å². The van der Waals surface area contributed by atoms with Gasteiger partial charge in [-0.25, -0.2) is 0 Å². The average molecular weight is 333 g/mol. The summed E-state index contributed by atoms with van der Waals surface area (Å²) in [6.07, 6.45) is 3.38. The Morgan fingerprint density at radius 2 is 2.10 bits per heavy atom. The van der Waals surface area contributed by atoms with Gasteiger partial charge in [0, 0.05) is 11.1 Å². The second kappa shape index (κ2) is 5.29. The summed E-state index contributed by atoms with van der Waals surface area (Å²) < 4.78 is 11.3. The molecule has 2 aromatic rings. The van der Waals surface area contributed by atoms with E-state index >= 15 is 0 Å². The molecular weight excluding hydrogens is 320 g/mol. The average Bonchev–Trinajstić information content (AvgIpc) is 2.87. The lowest BCUT2D eigenvalue weighted by atomic mass is 9.86. The first-order valence-corrected chi connectivity index (χ1v) is 7.14. The lowest BCUT2D eigenvalue weighted by Crippen LogP contribution is -2.14. The van der Waals surface area contributed by atoms with Gasteiger partial charge in [-0.15, -0.1) is 0 Å². The second-order valence-corrected chi connectivity index (χ2v) is 5.45. The van der Waals surface area contributed by atoms with Crippen LogP contribution in [-0.4, -0.2) is 12.9 Å². The van der Waals surface area contributed by atoms with E-state index in [0.29, 0.717) is 10.4 Å². The van der Waals surface area contributed by atoms with E-state index in [2.05, 4.69) is 15.9 Å². The minimum absolute atomic E-state index is 0.0708. The lowest BCUT2D eigenvalue weighted by Gasteiger charge is -2.17. The molecule has 0 saturated carbocycles. The molecule has 0 spiro atoms. The van der Waals surface area contributed by atoms with Gasteiger partial charge >= 0.3 is 0 Å². The highest BCUT2D eigenvalue weighted by Crippen LogP contribution is 2.29. The number of halogens is 1. The number of allylic oxidation sites excluding steroid dienone is 1. The molecule has 3 nitrogen and oxygen atoms in total. The number of hydrogen-bond acceptors (Lipinski definition) is 3. The van der Waals surface area contributed by atoms with E-state index < -0.39 is 0 Å². The van der Waals surface area contributed by atoms with Crippen molar-refractivity contribution in [2.75, 3.05) is 7.11 Å². The number of carbonyl (C=O) groups excluding carboxylic acids is 1. The highest BCUT2D eigenvalue weighted by molar-refractivity contribution is 9.10. The quantitative estimate of drug-likeness (QED) is 0.771. The summed E-state index contributed by atoms with van der Waals surface area (Å²) in [5, 5.41) is 0. The van der Waals surface area contributed by atoms with E-state index in [1.54, 1.807) is 7.11 Å². The van der Waals surface area contributed by atoms with Crippen LogP contribution in [0.15, 0.2) is 45.0 Å². The Morgan fingerprint density at radius 1 is 1.25 bits per heavy atom. The van der Waals surface area contributed by atoms with Gasteiger partial charge < -0.3 is 9.15 Å². The molecule has 1 aromatic heterocycles. The molecule has 102 valence electrons. The van der Waals surface area contributed by atoms with Crippen molar-refractivity contribution in [3.63, 3.8) is 0 Å². The number of ketones is 1. The third-order valence-corrected chi connectivity index (χ3v) is 3.85. The van der Waals surface area contributed by atoms with Gasteiger partial charge in [-0.1, -0.05) is 0 Å². The summed E-state index contributed by atoms with van der Waals surface area (Å²) >= 11 is 3.26. The fourth-order valence-corrected chi connectivity index (χ4v) is 2.72. The molecule has 4 heteroatoms. The van der Waals surface area contributed by atoms with E-state index in [0.717, 1.165) is 35.3 Å². The van der Waals surface area contributed by atoms with Crippen molar-refractivity contribution >= 4 is 27.8 Å². The molecule has 0 bridgehead atoms. The Morgan fingerprint density at radius 3 is 2.80 bits per heavy atom. The molecule has 0 atom stereocenters. The third-order valence-electron chi connectivity index (χ3n) is 3.42. The molecule has 1 heterocycles. The Labute approximate surface area is 125 Å². The van der Waals surface area contributed by atoms with Gasteiger partial charge in [-0.2, -0.15) is 0 Å². The van der Waals surface area contributed by atoms with Crippen LogP contribution in [0, 0.1) is 0 Å². The Bertz CT molecular complexity index is 697. The monoisotopic (exact) mass is 332 g/mol. The molecule has 0 aliphatic heterocycles. The number of carbonyl (C=O) groups is 1. The number of furan rings is 1. The van der Waals surface area contributed by atoms with Gasteiger partial charge in [-0.05, 0) is 70.7 Å². The third kappa shape index (κ3) is 2.43. The number of benzene rings is 1. The van der Waals surface area contributed by atoms with Crippen LogP contribution in [0.1, 0.15) is 28.1 Å². The fourth-order valence-electron chi connectivity index (χ4n) is 2.40. The van der Waals surface area contributed by atoms with E-state index in [9.17, 15) is 4.79 Å². The van der Waals surface area contributed by atoms with E-state index in [-0.39, 0.29) is 5.78 Å². The maximum atomic E-state index is 12.5. The van der Waals surface area contributed by atoms with Gasteiger partial charge in [0.15, 0.2) is 10.5 Å². The fraction of sp³-hybridized carbons (Fsp3) is 0.188. The van der Waals surface area contributed by atoms with Gasteiger partial charge in [0.05, 0.1) is 7.11 Å². The van der Waals surface area contributed by atoms with Crippen LogP contribution in [0.2, 0.25) is 0 Å². The Kier molecular flexibility index (Phi) is 3.49. The summed E-state index contributed by atoms with van der Waals surface area (Å²) in [6, 6.07) is 9.25. The van der Waals surface area contributed by atoms with Crippen molar-refractivity contribution in [3.05, 3.63) is 57.5 Å². The summed E-state index contributed by atoms with van der Waals surface area (Å²) in [5.74, 6) is 1.55. The van der Waals surface area contributed by atoms with E-state index in [1.807, 2.05) is 36.4 Å².